The molecule has 0 saturated heterocycles. The second-order valence-electron chi connectivity index (χ2n) is 11.7. The van der Waals surface area contributed by atoms with Gasteiger partial charge in [-0.25, -0.2) is 0 Å². The van der Waals surface area contributed by atoms with Gasteiger partial charge in [0.1, 0.15) is 0 Å². The second kappa shape index (κ2) is 14.3. The molecule has 0 atom stereocenters. The molecule has 0 aliphatic carbocycles. The minimum atomic E-state index is -1.06. The van der Waals surface area contributed by atoms with Gasteiger partial charge in [-0.05, 0) is 109 Å². The summed E-state index contributed by atoms with van der Waals surface area (Å²) in [5, 5.41) is 1.19. The lowest BCUT2D eigenvalue weighted by Crippen LogP contribution is -2.10. The Balaban J connectivity index is 1.37. The number of hydrogen-bond donors (Lipinski definition) is 0. The van der Waals surface area contributed by atoms with Crippen LogP contribution in [0.15, 0.2) is 224 Å². The molecule has 0 radical (unpaired) electrons. The summed E-state index contributed by atoms with van der Waals surface area (Å²) in [5.74, 6) is 0. The largest absolute Gasteiger partial charge is 0.310 e. The van der Waals surface area contributed by atoms with E-state index in [9.17, 15) is 13.7 Å². The molecule has 0 aliphatic heterocycles. The van der Waals surface area contributed by atoms with E-state index < -0.39 is 166 Å². The summed E-state index contributed by atoms with van der Waals surface area (Å²) in [6.45, 7) is 0. The van der Waals surface area contributed by atoms with E-state index >= 15 is 0 Å². The molecule has 0 fully saturated rings. The van der Waals surface area contributed by atoms with Crippen molar-refractivity contribution in [2.75, 3.05) is 4.90 Å². The molecule has 9 aromatic rings. The van der Waals surface area contributed by atoms with Crippen molar-refractivity contribution in [3.63, 3.8) is 0 Å². The highest BCUT2D eigenvalue weighted by molar-refractivity contribution is 5.97. The topological polar surface area (TPSA) is 3.24 Å². The Hall–Kier alpha value is -6.96. The second-order valence-corrected chi connectivity index (χ2v) is 11.7. The molecular weight excluding hydrogens is 639 g/mol. The van der Waals surface area contributed by atoms with Gasteiger partial charge in [-0.2, -0.15) is 0 Å². The fourth-order valence-corrected chi connectivity index (χ4v) is 5.89. The van der Waals surface area contributed by atoms with Gasteiger partial charge in [-0.1, -0.05) is 182 Å². The molecule has 0 spiro atoms. The first-order valence-electron chi connectivity index (χ1n) is 27.0. The van der Waals surface area contributed by atoms with Crippen molar-refractivity contribution in [2.24, 2.45) is 0 Å². The molecule has 0 N–H and O–H groups in total. The zero-order valence-corrected chi connectivity index (χ0v) is 27.7. The number of benzene rings is 9. The normalized spacial score (nSPS) is 16.6. The van der Waals surface area contributed by atoms with Crippen LogP contribution in [0.5, 0.6) is 0 Å². The van der Waals surface area contributed by atoms with E-state index in [1.807, 2.05) is 30.3 Å². The lowest BCUT2D eigenvalue weighted by Gasteiger charge is -2.26. The lowest BCUT2D eigenvalue weighted by molar-refractivity contribution is 1.28. The Morgan fingerprint density at radius 3 is 1.49 bits per heavy atom. The summed E-state index contributed by atoms with van der Waals surface area (Å²) in [7, 11) is 0. The molecule has 9 rings (SSSR count). The van der Waals surface area contributed by atoms with Crippen LogP contribution in [-0.4, -0.2) is 0 Å². The number of rotatable bonds is 8. The van der Waals surface area contributed by atoms with Crippen LogP contribution in [-0.2, 0) is 0 Å². The maximum atomic E-state index is 9.84. The van der Waals surface area contributed by atoms with Gasteiger partial charge in [0.15, 0.2) is 0 Å². The lowest BCUT2D eigenvalue weighted by atomic mass is 9.97. The van der Waals surface area contributed by atoms with E-state index in [-0.39, 0.29) is 22.3 Å². The van der Waals surface area contributed by atoms with Gasteiger partial charge in [0.2, 0.25) is 0 Å². The Bertz CT molecular complexity index is 3750. The number of nitrogens with zero attached hydrogens (tertiary/aromatic N) is 1. The molecule has 0 heterocycles. The zero-order valence-electron chi connectivity index (χ0n) is 48.7. The SMILES string of the molecule is [2H]c1c([2H])c([2H])c(-c2c([2H])c([2H])c(-c3c([2H])c([2H])c(N(c4c([2H])c([2H])c(-c5cccc(-c6ccccc6)c5)c([2H])c4[2H])c4c([2H])c([2H])c([2H])c(-c5cccc6ccccc56)c4[2H])c([2H])c3[2H])c([2H])c2[2H])c([2H])c1[2H]. The average molecular weight is 697 g/mol. The Morgan fingerprint density at radius 1 is 0.321 bits per heavy atom. The smallest absolute Gasteiger partial charge is 0.0651 e. The van der Waals surface area contributed by atoms with E-state index in [1.165, 1.54) is 0 Å². The first kappa shape index (κ1) is 16.6. The van der Waals surface area contributed by atoms with Crippen molar-refractivity contribution in [3.05, 3.63) is 224 Å². The van der Waals surface area contributed by atoms with E-state index in [4.69, 9.17) is 15.1 Å². The summed E-state index contributed by atoms with van der Waals surface area (Å²) >= 11 is 0. The third-order valence-electron chi connectivity index (χ3n) is 8.45. The fraction of sp³-hybridized carbons (Fsp3) is 0. The highest BCUT2D eigenvalue weighted by Crippen LogP contribution is 2.40. The monoisotopic (exact) mass is 696 g/mol. The van der Waals surface area contributed by atoms with Crippen LogP contribution in [0.4, 0.5) is 17.1 Å². The summed E-state index contributed by atoms with van der Waals surface area (Å²) < 4.78 is 191. The molecule has 53 heavy (non-hydrogen) atoms. The maximum absolute atomic E-state index is 9.84. The first-order valence-corrected chi connectivity index (χ1v) is 16.5. The van der Waals surface area contributed by atoms with Crippen molar-refractivity contribution in [2.45, 2.75) is 0 Å². The van der Waals surface area contributed by atoms with Gasteiger partial charge < -0.3 is 4.90 Å². The summed E-state index contributed by atoms with van der Waals surface area (Å²) in [4.78, 5) is 0.669. The Kier molecular flexibility index (Phi) is 4.49. The maximum Gasteiger partial charge on any atom is 0.0651 e. The van der Waals surface area contributed by atoms with Crippen LogP contribution in [0.1, 0.15) is 28.8 Å². The highest BCUT2D eigenvalue weighted by Gasteiger charge is 2.15. The van der Waals surface area contributed by atoms with Crippen LogP contribution < -0.4 is 4.90 Å². The summed E-state index contributed by atoms with van der Waals surface area (Å²) in [6, 6.07) is 9.75. The van der Waals surface area contributed by atoms with Gasteiger partial charge in [0, 0.05) is 17.1 Å². The Labute approximate surface area is 341 Å². The van der Waals surface area contributed by atoms with Crippen molar-refractivity contribution < 1.29 is 28.8 Å². The Morgan fingerprint density at radius 2 is 0.811 bits per heavy atom. The molecular formula is C52H37N. The summed E-state index contributed by atoms with van der Waals surface area (Å²) in [6.07, 6.45) is 0. The third kappa shape index (κ3) is 6.65. The van der Waals surface area contributed by atoms with Gasteiger partial charge in [0.25, 0.3) is 0 Å². The van der Waals surface area contributed by atoms with Crippen LogP contribution in [0, 0.1) is 0 Å². The van der Waals surface area contributed by atoms with Gasteiger partial charge >= 0.3 is 0 Å². The predicted molar refractivity (Wildman–Crippen MR) is 226 cm³/mol. The first-order chi connectivity index (χ1) is 35.0. The molecule has 0 aliphatic rings. The predicted octanol–water partition coefficient (Wildman–Crippen LogP) is 14.6. The number of anilines is 3. The molecule has 0 unspecified atom stereocenters. The van der Waals surface area contributed by atoms with Crippen molar-refractivity contribution >= 4 is 27.8 Å². The van der Waals surface area contributed by atoms with E-state index in [2.05, 4.69) is 0 Å². The van der Waals surface area contributed by atoms with Crippen LogP contribution >= 0.6 is 0 Å². The molecule has 0 bridgehead atoms. The number of fused-ring (bicyclic) bond motifs is 1. The van der Waals surface area contributed by atoms with Crippen molar-refractivity contribution in [1.82, 2.24) is 0 Å². The van der Waals surface area contributed by atoms with Crippen LogP contribution in [0.2, 0.25) is 0 Å². The summed E-state index contributed by atoms with van der Waals surface area (Å²) in [5.41, 5.74) is -3.77. The average Bonchev–Trinajstić information content (AvgIpc) is 3.40. The number of hydrogen-bond acceptors (Lipinski definition) is 1. The van der Waals surface area contributed by atoms with E-state index in [0.29, 0.717) is 21.2 Å². The molecule has 9 aromatic carbocycles. The van der Waals surface area contributed by atoms with Crippen LogP contribution in [0.25, 0.3) is 66.4 Å². The van der Waals surface area contributed by atoms with Crippen molar-refractivity contribution in [1.29, 1.82) is 0 Å². The standard InChI is InChI=1S/C52H37N/c1-3-12-38(13-4-1)40-24-26-41(27-25-40)42-28-32-48(33-29-42)53(50-21-10-20-47(37-50)52-23-11-17-44-16-7-8-22-51(44)52)49-34-30-43(31-35-49)46-19-9-18-45(36-46)39-14-5-2-6-15-39/h1-37H/i1D,3D,4D,10D,12D,13D,20D,21D,24D,25D,26D,27D,28D,29D,30D,31D,32D,33D,34D,35D,37D. The van der Waals surface area contributed by atoms with Gasteiger partial charge in [0.05, 0.1) is 28.8 Å². The van der Waals surface area contributed by atoms with Crippen LogP contribution in [0.3, 0.4) is 0 Å². The van der Waals surface area contributed by atoms with Gasteiger partial charge in [-0.3, -0.25) is 0 Å². The molecule has 250 valence electrons. The third-order valence-corrected chi connectivity index (χ3v) is 8.45. The minimum absolute atomic E-state index is 0.178. The van der Waals surface area contributed by atoms with E-state index in [0.717, 1.165) is 5.56 Å². The highest BCUT2D eigenvalue weighted by atomic mass is 15.1. The molecule has 0 amide bonds. The molecule has 1 nitrogen and oxygen atoms in total. The minimum Gasteiger partial charge on any atom is -0.310 e. The fourth-order valence-electron chi connectivity index (χ4n) is 5.89. The van der Waals surface area contributed by atoms with Gasteiger partial charge in [-0.15, -0.1) is 0 Å². The molecule has 0 aromatic heterocycles. The quantitative estimate of drug-likeness (QED) is 0.153. The van der Waals surface area contributed by atoms with Crippen molar-refractivity contribution in [3.8, 4) is 55.6 Å². The molecule has 1 heteroatoms. The molecule has 0 saturated carbocycles. The van der Waals surface area contributed by atoms with E-state index in [1.54, 1.807) is 66.7 Å². The zero-order chi connectivity index (χ0) is 53.7.